The molecule has 3 rings (SSSR count). The first-order valence-corrected chi connectivity index (χ1v) is 6.31. The topological polar surface area (TPSA) is 41.1 Å². The first kappa shape index (κ1) is 11.6. The van der Waals surface area contributed by atoms with Crippen LogP contribution in [-0.2, 0) is 6.54 Å². The van der Waals surface area contributed by atoms with Gasteiger partial charge in [-0.15, -0.1) is 0 Å². The number of likely N-dealkylation sites (tertiary alicyclic amines) is 1. The van der Waals surface area contributed by atoms with Crippen LogP contribution in [0.4, 0.5) is 0 Å². The Morgan fingerprint density at radius 1 is 1.39 bits per heavy atom. The molecule has 0 saturated carbocycles. The number of aromatic nitrogens is 2. The molecule has 2 aromatic rings. The number of ether oxygens (including phenoxy) is 1. The van der Waals surface area contributed by atoms with Gasteiger partial charge in [-0.05, 0) is 12.1 Å². The predicted octanol–water partition coefficient (Wildman–Crippen LogP) is 2.33. The number of para-hydroxylation sites is 1. The van der Waals surface area contributed by atoms with Gasteiger partial charge in [-0.3, -0.25) is 4.90 Å². The Kier molecular flexibility index (Phi) is 3.21. The first-order chi connectivity index (χ1) is 8.81. The lowest BCUT2D eigenvalue weighted by Gasteiger charge is -2.38. The van der Waals surface area contributed by atoms with Gasteiger partial charge in [-0.2, -0.15) is 0 Å². The van der Waals surface area contributed by atoms with Crippen LogP contribution < -0.4 is 4.74 Å². The molecular weight excluding hydrogens is 250 g/mol. The fourth-order valence-corrected chi connectivity index (χ4v) is 2.22. The van der Waals surface area contributed by atoms with Crippen molar-refractivity contribution < 1.29 is 4.74 Å². The summed E-state index contributed by atoms with van der Waals surface area (Å²) in [5.41, 5.74) is 0. The number of imidazole rings is 1. The fourth-order valence-electron chi connectivity index (χ4n) is 2.04. The molecule has 18 heavy (non-hydrogen) atoms. The van der Waals surface area contributed by atoms with Crippen molar-refractivity contribution >= 4 is 11.6 Å². The van der Waals surface area contributed by atoms with E-state index >= 15 is 0 Å². The second kappa shape index (κ2) is 5.00. The van der Waals surface area contributed by atoms with E-state index in [0.29, 0.717) is 5.02 Å². The highest BCUT2D eigenvalue weighted by atomic mass is 35.5. The number of halogens is 1. The van der Waals surface area contributed by atoms with E-state index in [4.69, 9.17) is 16.3 Å². The van der Waals surface area contributed by atoms with Gasteiger partial charge in [0.05, 0.1) is 11.6 Å². The molecule has 4 nitrogen and oxygen atoms in total. The molecule has 5 heteroatoms. The largest absolute Gasteiger partial charge is 0.486 e. The molecule has 0 unspecified atom stereocenters. The Morgan fingerprint density at radius 3 is 2.94 bits per heavy atom. The van der Waals surface area contributed by atoms with Gasteiger partial charge in [0, 0.05) is 25.5 Å². The van der Waals surface area contributed by atoms with Crippen molar-refractivity contribution in [2.24, 2.45) is 0 Å². The molecule has 0 amide bonds. The van der Waals surface area contributed by atoms with Crippen LogP contribution in [0.25, 0.3) is 0 Å². The molecule has 94 valence electrons. The van der Waals surface area contributed by atoms with Gasteiger partial charge in [-0.25, -0.2) is 4.98 Å². The Bertz CT molecular complexity index is 509. The van der Waals surface area contributed by atoms with Gasteiger partial charge in [0.25, 0.3) is 0 Å². The minimum absolute atomic E-state index is 0.222. The van der Waals surface area contributed by atoms with Crippen LogP contribution in [0.5, 0.6) is 5.75 Å². The van der Waals surface area contributed by atoms with Crippen molar-refractivity contribution in [3.05, 3.63) is 47.5 Å². The highest BCUT2D eigenvalue weighted by molar-refractivity contribution is 6.32. The van der Waals surface area contributed by atoms with Crippen LogP contribution in [0.2, 0.25) is 5.02 Å². The standard InChI is InChI=1S/C13H14ClN3O/c14-11-3-1-2-4-12(11)18-10-7-17(8-10)9-13-15-5-6-16-13/h1-6,10H,7-9H2,(H,15,16). The summed E-state index contributed by atoms with van der Waals surface area (Å²) in [6.45, 7) is 2.66. The highest BCUT2D eigenvalue weighted by Crippen LogP contribution is 2.26. The Labute approximate surface area is 111 Å². The van der Waals surface area contributed by atoms with Gasteiger partial charge < -0.3 is 9.72 Å². The number of aromatic amines is 1. The summed E-state index contributed by atoms with van der Waals surface area (Å²) in [5.74, 6) is 1.76. The minimum Gasteiger partial charge on any atom is -0.486 e. The normalized spacial score (nSPS) is 16.5. The molecule has 1 aliphatic heterocycles. The lowest BCUT2D eigenvalue weighted by Crippen LogP contribution is -2.53. The molecule has 0 bridgehead atoms. The first-order valence-electron chi connectivity index (χ1n) is 5.93. The third-order valence-electron chi connectivity index (χ3n) is 2.98. The van der Waals surface area contributed by atoms with Crippen molar-refractivity contribution in [2.45, 2.75) is 12.6 Å². The SMILES string of the molecule is Clc1ccccc1OC1CN(Cc2ncc[nH]2)C1. The van der Waals surface area contributed by atoms with E-state index < -0.39 is 0 Å². The molecule has 1 N–H and O–H groups in total. The highest BCUT2D eigenvalue weighted by Gasteiger charge is 2.29. The van der Waals surface area contributed by atoms with Crippen molar-refractivity contribution in [1.82, 2.24) is 14.9 Å². The van der Waals surface area contributed by atoms with Crippen molar-refractivity contribution in [1.29, 1.82) is 0 Å². The minimum atomic E-state index is 0.222. The van der Waals surface area contributed by atoms with E-state index in [1.165, 1.54) is 0 Å². The zero-order valence-electron chi connectivity index (χ0n) is 9.84. The quantitative estimate of drug-likeness (QED) is 0.921. The molecule has 1 aliphatic rings. The Morgan fingerprint density at radius 2 is 2.22 bits per heavy atom. The van der Waals surface area contributed by atoms with E-state index in [-0.39, 0.29) is 6.10 Å². The van der Waals surface area contributed by atoms with Gasteiger partial charge >= 0.3 is 0 Å². The number of nitrogens with zero attached hydrogens (tertiary/aromatic N) is 2. The van der Waals surface area contributed by atoms with Crippen LogP contribution in [0.15, 0.2) is 36.7 Å². The number of hydrogen-bond donors (Lipinski definition) is 1. The van der Waals surface area contributed by atoms with Crippen molar-refractivity contribution in [3.63, 3.8) is 0 Å². The number of hydrogen-bond acceptors (Lipinski definition) is 3. The second-order valence-corrected chi connectivity index (χ2v) is 4.81. The van der Waals surface area contributed by atoms with E-state index in [9.17, 15) is 0 Å². The second-order valence-electron chi connectivity index (χ2n) is 4.40. The smallest absolute Gasteiger partial charge is 0.138 e. The van der Waals surface area contributed by atoms with Gasteiger partial charge in [0.1, 0.15) is 17.7 Å². The maximum absolute atomic E-state index is 6.05. The lowest BCUT2D eigenvalue weighted by molar-refractivity contribution is 0.0132. The van der Waals surface area contributed by atoms with Crippen molar-refractivity contribution in [2.75, 3.05) is 13.1 Å². The number of benzene rings is 1. The van der Waals surface area contributed by atoms with Gasteiger partial charge in [0.15, 0.2) is 0 Å². The Hall–Kier alpha value is -1.52. The van der Waals surface area contributed by atoms with Crippen LogP contribution in [0, 0.1) is 0 Å². The molecule has 1 saturated heterocycles. The third-order valence-corrected chi connectivity index (χ3v) is 3.29. The monoisotopic (exact) mass is 263 g/mol. The number of rotatable bonds is 4. The summed E-state index contributed by atoms with van der Waals surface area (Å²) in [5, 5.41) is 0.669. The molecule has 0 aliphatic carbocycles. The summed E-state index contributed by atoms with van der Waals surface area (Å²) in [4.78, 5) is 9.58. The number of H-pyrrole nitrogens is 1. The van der Waals surface area contributed by atoms with E-state index in [0.717, 1.165) is 31.2 Å². The third kappa shape index (κ3) is 2.49. The van der Waals surface area contributed by atoms with Gasteiger partial charge in [-0.1, -0.05) is 23.7 Å². The fraction of sp³-hybridized carbons (Fsp3) is 0.308. The van der Waals surface area contributed by atoms with Crippen LogP contribution in [0.1, 0.15) is 5.82 Å². The van der Waals surface area contributed by atoms with Crippen LogP contribution >= 0.6 is 11.6 Å². The Balaban J connectivity index is 1.49. The van der Waals surface area contributed by atoms with E-state index in [1.807, 2.05) is 30.5 Å². The molecule has 1 fully saturated rings. The van der Waals surface area contributed by atoms with E-state index in [1.54, 1.807) is 6.20 Å². The molecule has 2 heterocycles. The summed E-state index contributed by atoms with van der Waals surface area (Å²) in [7, 11) is 0. The van der Waals surface area contributed by atoms with Crippen LogP contribution in [-0.4, -0.2) is 34.1 Å². The predicted molar refractivity (Wildman–Crippen MR) is 69.7 cm³/mol. The van der Waals surface area contributed by atoms with E-state index in [2.05, 4.69) is 14.9 Å². The summed E-state index contributed by atoms with van der Waals surface area (Å²) in [6.07, 6.45) is 3.83. The average Bonchev–Trinajstić information content (AvgIpc) is 2.81. The lowest BCUT2D eigenvalue weighted by atomic mass is 10.1. The molecule has 0 radical (unpaired) electrons. The summed E-state index contributed by atoms with van der Waals surface area (Å²) in [6, 6.07) is 7.58. The maximum atomic E-state index is 6.05. The maximum Gasteiger partial charge on any atom is 0.138 e. The molecule has 0 spiro atoms. The summed E-state index contributed by atoms with van der Waals surface area (Å²) >= 11 is 6.05. The number of nitrogens with one attached hydrogen (secondary N) is 1. The molecule has 0 atom stereocenters. The van der Waals surface area contributed by atoms with Gasteiger partial charge in [0.2, 0.25) is 0 Å². The van der Waals surface area contributed by atoms with Crippen LogP contribution in [0.3, 0.4) is 0 Å². The zero-order valence-corrected chi connectivity index (χ0v) is 10.6. The molecule has 1 aromatic carbocycles. The zero-order chi connectivity index (χ0) is 12.4. The average molecular weight is 264 g/mol. The van der Waals surface area contributed by atoms with Crippen molar-refractivity contribution in [3.8, 4) is 5.75 Å². The molecular formula is C13H14ClN3O. The molecule has 1 aromatic heterocycles. The summed E-state index contributed by atoms with van der Waals surface area (Å²) < 4.78 is 5.83.